The second-order valence-corrected chi connectivity index (χ2v) is 17.7. The summed E-state index contributed by atoms with van der Waals surface area (Å²) >= 11 is 1.76. The molecule has 3 heteroatoms. The van der Waals surface area contributed by atoms with Crippen molar-refractivity contribution in [1.29, 1.82) is 0 Å². The molecule has 2 saturated carbocycles. The number of thiophene rings is 1. The van der Waals surface area contributed by atoms with Gasteiger partial charge in [0.1, 0.15) is 4.83 Å². The summed E-state index contributed by atoms with van der Waals surface area (Å²) < 4.78 is 1.25. The van der Waals surface area contributed by atoms with Crippen LogP contribution in [0.3, 0.4) is 0 Å². The van der Waals surface area contributed by atoms with Crippen LogP contribution in [0.4, 0.5) is 0 Å². The van der Waals surface area contributed by atoms with Gasteiger partial charge in [-0.3, -0.25) is 0 Å². The fourth-order valence-corrected chi connectivity index (χ4v) is 12.6. The smallest absolute Gasteiger partial charge is 0.161 e. The number of rotatable bonds is 3. The van der Waals surface area contributed by atoms with Crippen molar-refractivity contribution >= 4 is 31.6 Å². The van der Waals surface area contributed by atoms with E-state index in [1.807, 2.05) is 0 Å². The Bertz CT molecular complexity index is 2830. The summed E-state index contributed by atoms with van der Waals surface area (Å²) in [6, 6.07) is 50.4. The van der Waals surface area contributed by atoms with Crippen molar-refractivity contribution in [2.45, 2.75) is 75.0 Å². The molecule has 0 unspecified atom stereocenters. The number of hydrogen-bond donors (Lipinski definition) is 0. The first-order valence-electron chi connectivity index (χ1n) is 20.5. The predicted octanol–water partition coefficient (Wildman–Crippen LogP) is 14.3. The molecule has 0 atom stereocenters. The van der Waals surface area contributed by atoms with Gasteiger partial charge in [0.05, 0.1) is 5.69 Å². The van der Waals surface area contributed by atoms with E-state index in [0.29, 0.717) is 0 Å². The standard InChI is InChI=1S/C52H42N2S/c1-4-16-33(17-5-1)48-47-38-21-7-9-25-45(38)55-50(47)54-49(53-48)35-19-14-18-34(30-35)36-22-15-24-42-46(36)40-32-43-39(31-44(40)52(42)28-12-3-13-29-52)37-20-6-8-23-41(37)51(43)26-10-2-11-27-51/h1,4-9,14-25,30-32H,2-3,10-13,26-29H2. The summed E-state index contributed by atoms with van der Waals surface area (Å²) in [5.41, 5.74) is 18.2. The van der Waals surface area contributed by atoms with E-state index in [-0.39, 0.29) is 10.8 Å². The highest BCUT2D eigenvalue weighted by atomic mass is 32.1. The van der Waals surface area contributed by atoms with Crippen LogP contribution in [-0.4, -0.2) is 9.97 Å². The van der Waals surface area contributed by atoms with Crippen molar-refractivity contribution < 1.29 is 0 Å². The van der Waals surface area contributed by atoms with Gasteiger partial charge in [0, 0.05) is 37.4 Å². The average Bonchev–Trinajstić information content (AvgIpc) is 3.85. The Morgan fingerprint density at radius 3 is 1.89 bits per heavy atom. The number of aromatic nitrogens is 2. The Kier molecular flexibility index (Phi) is 7.00. The Labute approximate surface area is 327 Å². The minimum atomic E-state index is 0.0722. The van der Waals surface area contributed by atoms with Crippen molar-refractivity contribution in [2.75, 3.05) is 0 Å². The summed E-state index contributed by atoms with van der Waals surface area (Å²) in [7, 11) is 0. The third kappa shape index (κ3) is 4.54. The van der Waals surface area contributed by atoms with E-state index in [9.17, 15) is 0 Å². The highest BCUT2D eigenvalue weighted by Gasteiger charge is 2.49. The third-order valence-corrected chi connectivity index (χ3v) is 15.0. The molecule has 12 rings (SSSR count). The zero-order valence-corrected chi connectivity index (χ0v) is 31.9. The molecule has 8 aromatic rings. The molecule has 2 aromatic heterocycles. The second kappa shape index (κ2) is 12.1. The van der Waals surface area contributed by atoms with Gasteiger partial charge < -0.3 is 0 Å². The lowest BCUT2D eigenvalue weighted by atomic mass is 9.66. The van der Waals surface area contributed by atoms with E-state index in [0.717, 1.165) is 32.9 Å². The van der Waals surface area contributed by atoms with Crippen molar-refractivity contribution in [3.8, 4) is 56.0 Å². The van der Waals surface area contributed by atoms with Gasteiger partial charge in [0.15, 0.2) is 5.82 Å². The zero-order valence-electron chi connectivity index (χ0n) is 31.1. The fourth-order valence-electron chi connectivity index (χ4n) is 11.5. The molecule has 4 aliphatic rings. The summed E-state index contributed by atoms with van der Waals surface area (Å²) in [6.07, 6.45) is 12.9. The van der Waals surface area contributed by atoms with Crippen molar-refractivity contribution in [2.24, 2.45) is 0 Å². The first-order valence-corrected chi connectivity index (χ1v) is 21.3. The van der Waals surface area contributed by atoms with Gasteiger partial charge in [-0.05, 0) is 106 Å². The van der Waals surface area contributed by atoms with Crippen LogP contribution in [0.25, 0.3) is 76.3 Å². The topological polar surface area (TPSA) is 25.8 Å². The lowest BCUT2D eigenvalue weighted by molar-refractivity contribution is 0.350. The van der Waals surface area contributed by atoms with E-state index in [4.69, 9.17) is 9.97 Å². The summed E-state index contributed by atoms with van der Waals surface area (Å²) in [6.45, 7) is 0. The van der Waals surface area contributed by atoms with Gasteiger partial charge in [0.2, 0.25) is 0 Å². The molecule has 0 bridgehead atoms. The van der Waals surface area contributed by atoms with E-state index in [1.165, 1.54) is 108 Å². The van der Waals surface area contributed by atoms with Gasteiger partial charge in [0.25, 0.3) is 0 Å². The van der Waals surface area contributed by atoms with E-state index < -0.39 is 0 Å². The molecule has 0 aliphatic heterocycles. The van der Waals surface area contributed by atoms with Crippen molar-refractivity contribution in [3.63, 3.8) is 0 Å². The van der Waals surface area contributed by atoms with Gasteiger partial charge in [-0.1, -0.05) is 148 Å². The van der Waals surface area contributed by atoms with Gasteiger partial charge >= 0.3 is 0 Å². The predicted molar refractivity (Wildman–Crippen MR) is 230 cm³/mol. The molecule has 0 radical (unpaired) electrons. The Hall–Kier alpha value is -5.38. The Morgan fingerprint density at radius 1 is 0.436 bits per heavy atom. The maximum atomic E-state index is 5.38. The molecule has 0 N–H and O–H groups in total. The molecule has 6 aromatic carbocycles. The zero-order chi connectivity index (χ0) is 36.1. The molecular formula is C52H42N2S. The quantitative estimate of drug-likeness (QED) is 0.181. The van der Waals surface area contributed by atoms with Gasteiger partial charge in [-0.2, -0.15) is 0 Å². The van der Waals surface area contributed by atoms with Crippen LogP contribution in [0.2, 0.25) is 0 Å². The SMILES string of the molecule is c1ccc(-c2nc(-c3cccc(-c4cccc5c4-c4cc6c(cc4C54CCCCC4)-c4ccccc4C64CCCCC4)c3)nc3sc4ccccc4c23)cc1. The Balaban J connectivity index is 1.06. The molecule has 266 valence electrons. The maximum absolute atomic E-state index is 5.38. The normalized spacial score (nSPS) is 17.4. The molecular weight excluding hydrogens is 685 g/mol. The van der Waals surface area contributed by atoms with Crippen LogP contribution >= 0.6 is 11.3 Å². The van der Waals surface area contributed by atoms with E-state index in [2.05, 4.69) is 133 Å². The summed E-state index contributed by atoms with van der Waals surface area (Å²) in [5, 5.41) is 2.37. The average molecular weight is 727 g/mol. The molecule has 2 spiro atoms. The molecule has 2 fully saturated rings. The first kappa shape index (κ1) is 31.9. The number of benzene rings is 6. The second-order valence-electron chi connectivity index (χ2n) is 16.6. The van der Waals surface area contributed by atoms with Gasteiger partial charge in [-0.15, -0.1) is 11.3 Å². The summed E-state index contributed by atoms with van der Waals surface area (Å²) in [5.74, 6) is 0.784. The summed E-state index contributed by atoms with van der Waals surface area (Å²) in [4.78, 5) is 11.7. The lowest BCUT2D eigenvalue weighted by Crippen LogP contribution is -2.29. The van der Waals surface area contributed by atoms with Crippen LogP contribution in [0, 0.1) is 0 Å². The minimum absolute atomic E-state index is 0.0722. The van der Waals surface area contributed by atoms with Crippen LogP contribution in [0.1, 0.15) is 86.5 Å². The molecule has 2 nitrogen and oxygen atoms in total. The Morgan fingerprint density at radius 2 is 1.05 bits per heavy atom. The highest BCUT2D eigenvalue weighted by Crippen LogP contribution is 2.63. The van der Waals surface area contributed by atoms with Gasteiger partial charge in [-0.25, -0.2) is 9.97 Å². The molecule has 0 amide bonds. The van der Waals surface area contributed by atoms with Crippen LogP contribution in [-0.2, 0) is 10.8 Å². The highest BCUT2D eigenvalue weighted by molar-refractivity contribution is 7.25. The molecule has 55 heavy (non-hydrogen) atoms. The van der Waals surface area contributed by atoms with E-state index in [1.54, 1.807) is 33.6 Å². The number of nitrogens with zero attached hydrogens (tertiary/aromatic N) is 2. The molecule has 4 aliphatic carbocycles. The van der Waals surface area contributed by atoms with Crippen LogP contribution in [0.5, 0.6) is 0 Å². The number of hydrogen-bond acceptors (Lipinski definition) is 3. The van der Waals surface area contributed by atoms with E-state index >= 15 is 0 Å². The van der Waals surface area contributed by atoms with Crippen LogP contribution < -0.4 is 0 Å². The lowest BCUT2D eigenvalue weighted by Gasteiger charge is -2.37. The fraction of sp³-hybridized carbons (Fsp3) is 0.231. The first-order chi connectivity index (χ1) is 27.2. The van der Waals surface area contributed by atoms with Crippen LogP contribution in [0.15, 0.2) is 133 Å². The minimum Gasteiger partial charge on any atom is -0.227 e. The van der Waals surface area contributed by atoms with Crippen molar-refractivity contribution in [3.05, 3.63) is 156 Å². The molecule has 2 heterocycles. The molecule has 0 saturated heterocycles. The maximum Gasteiger partial charge on any atom is 0.161 e. The van der Waals surface area contributed by atoms with Crippen molar-refractivity contribution in [1.82, 2.24) is 9.97 Å². The number of fused-ring (bicyclic) bond motifs is 13. The largest absolute Gasteiger partial charge is 0.227 e. The third-order valence-electron chi connectivity index (χ3n) is 13.9. The monoisotopic (exact) mass is 726 g/mol.